The molecule has 0 radical (unpaired) electrons. The molecule has 0 saturated heterocycles. The molecule has 0 heterocycles. The first-order valence-corrected chi connectivity index (χ1v) is 7.51. The Kier molecular flexibility index (Phi) is 6.76. The van der Waals surface area contributed by atoms with Crippen LogP contribution in [-0.2, 0) is 6.54 Å². The number of hydrogen-bond donors (Lipinski definition) is 2. The largest absolute Gasteiger partial charge is 0.396 e. The Morgan fingerprint density at radius 1 is 1.28 bits per heavy atom. The van der Waals surface area contributed by atoms with Gasteiger partial charge in [0.25, 0.3) is 0 Å². The third kappa shape index (κ3) is 5.42. The normalized spacial score (nSPS) is 13.0. The highest BCUT2D eigenvalue weighted by Crippen LogP contribution is 2.29. The van der Waals surface area contributed by atoms with Crippen molar-refractivity contribution in [2.24, 2.45) is 0 Å². The maximum atomic E-state index is 8.98. The summed E-state index contributed by atoms with van der Waals surface area (Å²) in [4.78, 5) is 1.33. The zero-order valence-electron chi connectivity index (χ0n) is 11.9. The molecule has 2 nitrogen and oxygen atoms in total. The second kappa shape index (κ2) is 7.82. The molecule has 0 fully saturated rings. The Morgan fingerprint density at radius 3 is 2.61 bits per heavy atom. The van der Waals surface area contributed by atoms with E-state index < -0.39 is 0 Å². The highest BCUT2D eigenvalue weighted by atomic mass is 32.2. The highest BCUT2D eigenvalue weighted by molar-refractivity contribution is 8.00. The number of nitrogens with one attached hydrogen (secondary N) is 1. The molecule has 18 heavy (non-hydrogen) atoms. The van der Waals surface area contributed by atoms with Crippen molar-refractivity contribution in [1.29, 1.82) is 0 Å². The monoisotopic (exact) mass is 267 g/mol. The molecule has 0 amide bonds. The van der Waals surface area contributed by atoms with Gasteiger partial charge in [0.05, 0.1) is 0 Å². The smallest absolute Gasteiger partial charge is 0.0441 e. The fourth-order valence-corrected chi connectivity index (χ4v) is 2.82. The van der Waals surface area contributed by atoms with Crippen molar-refractivity contribution < 1.29 is 5.11 Å². The summed E-state index contributed by atoms with van der Waals surface area (Å²) in [5.74, 6) is 0. The van der Waals surface area contributed by atoms with Crippen LogP contribution in [0.25, 0.3) is 0 Å². The van der Waals surface area contributed by atoms with Crippen LogP contribution in [0.3, 0.4) is 0 Å². The third-order valence-corrected chi connectivity index (χ3v) is 4.07. The third-order valence-electron chi connectivity index (χ3n) is 2.78. The van der Waals surface area contributed by atoms with Gasteiger partial charge in [-0.2, -0.15) is 0 Å². The lowest BCUT2D eigenvalue weighted by molar-refractivity contribution is 0.289. The summed E-state index contributed by atoms with van der Waals surface area (Å²) >= 11 is 1.86. The van der Waals surface area contributed by atoms with E-state index in [1.165, 1.54) is 16.0 Å². The fourth-order valence-electron chi connectivity index (χ4n) is 1.73. The lowest BCUT2D eigenvalue weighted by Gasteiger charge is -2.16. The average Bonchev–Trinajstić information content (AvgIpc) is 2.29. The van der Waals surface area contributed by atoms with Crippen molar-refractivity contribution in [3.63, 3.8) is 0 Å². The summed E-state index contributed by atoms with van der Waals surface area (Å²) in [6.07, 6.45) is 0.843. The number of rotatable bonds is 7. The van der Waals surface area contributed by atoms with Crippen molar-refractivity contribution in [3.05, 3.63) is 29.3 Å². The minimum absolute atomic E-state index is 0.263. The topological polar surface area (TPSA) is 32.3 Å². The maximum absolute atomic E-state index is 8.98. The Hall–Kier alpha value is -0.510. The zero-order chi connectivity index (χ0) is 13.5. The van der Waals surface area contributed by atoms with Gasteiger partial charge in [-0.15, -0.1) is 11.8 Å². The number of benzene rings is 1. The van der Waals surface area contributed by atoms with Crippen LogP contribution in [0.2, 0.25) is 0 Å². The predicted octanol–water partition coefficient (Wildman–Crippen LogP) is 3.36. The highest BCUT2D eigenvalue weighted by Gasteiger charge is 2.09. The number of aliphatic hydroxyl groups excluding tert-OH is 1. The molecule has 0 aliphatic carbocycles. The number of aryl methyl sites for hydroxylation is 1. The molecule has 0 aromatic heterocycles. The fraction of sp³-hybridized carbons (Fsp3) is 0.600. The van der Waals surface area contributed by atoms with E-state index in [2.05, 4.69) is 51.2 Å². The van der Waals surface area contributed by atoms with Crippen LogP contribution < -0.4 is 5.32 Å². The van der Waals surface area contributed by atoms with Gasteiger partial charge in [0.1, 0.15) is 0 Å². The molecule has 0 saturated carbocycles. The lowest BCUT2D eigenvalue weighted by Crippen LogP contribution is -2.22. The first kappa shape index (κ1) is 15.5. The van der Waals surface area contributed by atoms with Gasteiger partial charge in [-0.05, 0) is 25.0 Å². The van der Waals surface area contributed by atoms with Crippen molar-refractivity contribution in [2.75, 3.05) is 6.61 Å². The van der Waals surface area contributed by atoms with Crippen molar-refractivity contribution in [2.45, 2.75) is 56.8 Å². The van der Waals surface area contributed by atoms with Crippen LogP contribution in [0.1, 0.15) is 38.3 Å². The van der Waals surface area contributed by atoms with Gasteiger partial charge in [0.15, 0.2) is 0 Å². The van der Waals surface area contributed by atoms with Gasteiger partial charge in [-0.1, -0.05) is 38.5 Å². The summed E-state index contributed by atoms with van der Waals surface area (Å²) in [5, 5.41) is 12.9. The first-order valence-electron chi connectivity index (χ1n) is 6.63. The summed E-state index contributed by atoms with van der Waals surface area (Å²) in [7, 11) is 0. The van der Waals surface area contributed by atoms with Gasteiger partial charge in [-0.3, -0.25) is 0 Å². The Balaban J connectivity index is 2.75. The first-order chi connectivity index (χ1) is 8.52. The van der Waals surface area contributed by atoms with Crippen LogP contribution in [0.5, 0.6) is 0 Å². The number of aliphatic hydroxyl groups is 1. The Labute approximate surface area is 115 Å². The molecule has 0 aliphatic heterocycles. The van der Waals surface area contributed by atoms with Crippen LogP contribution in [-0.4, -0.2) is 23.0 Å². The Bertz CT molecular complexity index is 366. The van der Waals surface area contributed by atoms with E-state index in [1.54, 1.807) is 0 Å². The minimum Gasteiger partial charge on any atom is -0.396 e. The van der Waals surface area contributed by atoms with E-state index in [1.807, 2.05) is 11.8 Å². The molecule has 1 atom stereocenters. The molecule has 1 rings (SSSR count). The van der Waals surface area contributed by atoms with E-state index >= 15 is 0 Å². The Morgan fingerprint density at radius 2 is 2.00 bits per heavy atom. The number of hydrogen-bond acceptors (Lipinski definition) is 3. The van der Waals surface area contributed by atoms with E-state index in [0.717, 1.165) is 13.0 Å². The van der Waals surface area contributed by atoms with E-state index in [0.29, 0.717) is 11.3 Å². The summed E-state index contributed by atoms with van der Waals surface area (Å²) < 4.78 is 0. The molecule has 1 unspecified atom stereocenters. The quantitative estimate of drug-likeness (QED) is 0.743. The second-order valence-electron chi connectivity index (χ2n) is 5.09. The van der Waals surface area contributed by atoms with E-state index in [-0.39, 0.29) is 6.61 Å². The van der Waals surface area contributed by atoms with E-state index in [4.69, 9.17) is 5.11 Å². The summed E-state index contributed by atoms with van der Waals surface area (Å²) in [6, 6.07) is 7.11. The molecule has 1 aromatic rings. The summed E-state index contributed by atoms with van der Waals surface area (Å²) in [6.45, 7) is 9.80. The standard InChI is InChI=1S/C15H25NOS/c1-11(2)16-10-14-9-12(3)5-6-15(14)18-13(4)7-8-17/h5-6,9,11,13,16-17H,7-8,10H2,1-4H3. The molecular weight excluding hydrogens is 242 g/mol. The molecule has 3 heteroatoms. The average molecular weight is 267 g/mol. The number of thioether (sulfide) groups is 1. The van der Waals surface area contributed by atoms with Crippen LogP contribution >= 0.6 is 11.8 Å². The van der Waals surface area contributed by atoms with Crippen molar-refractivity contribution in [1.82, 2.24) is 5.32 Å². The molecule has 0 aliphatic rings. The van der Waals surface area contributed by atoms with E-state index in [9.17, 15) is 0 Å². The second-order valence-corrected chi connectivity index (χ2v) is 6.57. The minimum atomic E-state index is 0.263. The molecule has 0 spiro atoms. The molecule has 0 bridgehead atoms. The lowest BCUT2D eigenvalue weighted by atomic mass is 10.1. The molecule has 2 N–H and O–H groups in total. The van der Waals surface area contributed by atoms with Crippen LogP contribution in [0, 0.1) is 6.92 Å². The maximum Gasteiger partial charge on any atom is 0.0441 e. The van der Waals surface area contributed by atoms with Crippen LogP contribution in [0.4, 0.5) is 0 Å². The molecular formula is C15H25NOS. The van der Waals surface area contributed by atoms with Crippen LogP contribution in [0.15, 0.2) is 23.1 Å². The van der Waals surface area contributed by atoms with Crippen molar-refractivity contribution >= 4 is 11.8 Å². The summed E-state index contributed by atoms with van der Waals surface area (Å²) in [5.41, 5.74) is 2.66. The van der Waals surface area contributed by atoms with Crippen molar-refractivity contribution in [3.8, 4) is 0 Å². The molecule has 1 aromatic carbocycles. The van der Waals surface area contributed by atoms with Gasteiger partial charge < -0.3 is 10.4 Å². The van der Waals surface area contributed by atoms with Gasteiger partial charge in [0.2, 0.25) is 0 Å². The van der Waals surface area contributed by atoms with Gasteiger partial charge >= 0.3 is 0 Å². The van der Waals surface area contributed by atoms with Gasteiger partial charge in [-0.25, -0.2) is 0 Å². The molecule has 102 valence electrons. The van der Waals surface area contributed by atoms with Gasteiger partial charge in [0, 0.05) is 29.3 Å². The zero-order valence-corrected chi connectivity index (χ0v) is 12.7. The SMILES string of the molecule is Cc1ccc(SC(C)CCO)c(CNC(C)C)c1. The predicted molar refractivity (Wildman–Crippen MR) is 80.2 cm³/mol.